The standard InChI is InChI=1S/C19H29ClN2O3/c1-13(2)22-8-6-15(7-9-22)19(24)21-11-16(23)12-25-17-4-5-18(20)14(3)10-17/h4-5,10,13,15-16,23H,6-9,11-12H2,1-3H3,(H,21,24). The number of hydrogen-bond acceptors (Lipinski definition) is 4. The summed E-state index contributed by atoms with van der Waals surface area (Å²) in [7, 11) is 0. The minimum atomic E-state index is -0.740. The van der Waals surface area contributed by atoms with Gasteiger partial charge in [-0.3, -0.25) is 4.79 Å². The molecule has 1 unspecified atom stereocenters. The van der Waals surface area contributed by atoms with Gasteiger partial charge in [0.2, 0.25) is 5.91 Å². The van der Waals surface area contributed by atoms with Crippen molar-refractivity contribution < 1.29 is 14.6 Å². The number of carbonyl (C=O) groups excluding carboxylic acids is 1. The van der Waals surface area contributed by atoms with Gasteiger partial charge in [0.25, 0.3) is 0 Å². The molecule has 1 aromatic rings. The third kappa shape index (κ3) is 6.17. The van der Waals surface area contributed by atoms with Crippen molar-refractivity contribution in [3.05, 3.63) is 28.8 Å². The molecule has 0 aliphatic carbocycles. The Labute approximate surface area is 155 Å². The van der Waals surface area contributed by atoms with Crippen molar-refractivity contribution in [2.24, 2.45) is 5.92 Å². The zero-order valence-corrected chi connectivity index (χ0v) is 16.1. The number of likely N-dealkylation sites (tertiary alicyclic amines) is 1. The van der Waals surface area contributed by atoms with Crippen molar-refractivity contribution in [3.8, 4) is 5.75 Å². The van der Waals surface area contributed by atoms with E-state index in [-0.39, 0.29) is 25.0 Å². The van der Waals surface area contributed by atoms with Gasteiger partial charge in [-0.1, -0.05) is 11.6 Å². The fourth-order valence-corrected chi connectivity index (χ4v) is 3.12. The molecule has 5 nitrogen and oxygen atoms in total. The van der Waals surface area contributed by atoms with Crippen LogP contribution in [0.1, 0.15) is 32.3 Å². The van der Waals surface area contributed by atoms with E-state index in [0.717, 1.165) is 31.5 Å². The highest BCUT2D eigenvalue weighted by atomic mass is 35.5. The number of aliphatic hydroxyl groups excluding tert-OH is 1. The lowest BCUT2D eigenvalue weighted by atomic mass is 9.95. The van der Waals surface area contributed by atoms with Gasteiger partial charge in [-0.2, -0.15) is 0 Å². The number of aliphatic hydroxyl groups is 1. The zero-order chi connectivity index (χ0) is 18.4. The highest BCUT2D eigenvalue weighted by molar-refractivity contribution is 6.31. The third-order valence-electron chi connectivity index (χ3n) is 4.71. The molecule has 2 N–H and O–H groups in total. The molecule has 6 heteroatoms. The Morgan fingerprint density at radius 3 is 2.68 bits per heavy atom. The molecule has 1 aliphatic rings. The molecule has 0 saturated carbocycles. The average molecular weight is 369 g/mol. The van der Waals surface area contributed by atoms with Crippen molar-refractivity contribution in [1.82, 2.24) is 10.2 Å². The number of carbonyl (C=O) groups is 1. The summed E-state index contributed by atoms with van der Waals surface area (Å²) in [5.74, 6) is 0.736. The number of halogens is 1. The summed E-state index contributed by atoms with van der Waals surface area (Å²) < 4.78 is 5.56. The minimum Gasteiger partial charge on any atom is -0.491 e. The number of amides is 1. The second kappa shape index (κ2) is 9.41. The van der Waals surface area contributed by atoms with E-state index in [1.165, 1.54) is 0 Å². The lowest BCUT2D eigenvalue weighted by Gasteiger charge is -2.34. The van der Waals surface area contributed by atoms with Crippen LogP contribution in [0.4, 0.5) is 0 Å². The summed E-state index contributed by atoms with van der Waals surface area (Å²) in [6, 6.07) is 5.89. The normalized spacial score (nSPS) is 17.5. The van der Waals surface area contributed by atoms with Crippen molar-refractivity contribution >= 4 is 17.5 Å². The molecule has 1 heterocycles. The van der Waals surface area contributed by atoms with Crippen LogP contribution in [0.15, 0.2) is 18.2 Å². The molecule has 0 spiro atoms. The van der Waals surface area contributed by atoms with Crippen LogP contribution < -0.4 is 10.1 Å². The SMILES string of the molecule is Cc1cc(OCC(O)CNC(=O)C2CCN(C(C)C)CC2)ccc1Cl. The Kier molecular flexibility index (Phi) is 7.54. The first-order valence-electron chi connectivity index (χ1n) is 8.95. The molecule has 140 valence electrons. The third-order valence-corrected chi connectivity index (χ3v) is 5.14. The predicted molar refractivity (Wildman–Crippen MR) is 100 cm³/mol. The topological polar surface area (TPSA) is 61.8 Å². The number of ether oxygens (including phenoxy) is 1. The predicted octanol–water partition coefficient (Wildman–Crippen LogP) is 2.62. The summed E-state index contributed by atoms with van der Waals surface area (Å²) in [5, 5.41) is 13.6. The quantitative estimate of drug-likeness (QED) is 0.776. The fraction of sp³-hybridized carbons (Fsp3) is 0.632. The Balaban J connectivity index is 1.68. The summed E-state index contributed by atoms with van der Waals surface area (Å²) in [6.45, 7) is 8.51. The van der Waals surface area contributed by atoms with Crippen LogP contribution in [-0.4, -0.2) is 54.3 Å². The van der Waals surface area contributed by atoms with Gasteiger partial charge >= 0.3 is 0 Å². The summed E-state index contributed by atoms with van der Waals surface area (Å²) in [4.78, 5) is 14.6. The average Bonchev–Trinajstić information content (AvgIpc) is 2.60. The van der Waals surface area contributed by atoms with E-state index in [9.17, 15) is 9.90 Å². The first kappa shape index (κ1) is 20.0. The van der Waals surface area contributed by atoms with Crippen LogP contribution >= 0.6 is 11.6 Å². The van der Waals surface area contributed by atoms with Crippen molar-refractivity contribution in [2.75, 3.05) is 26.2 Å². The molecule has 0 bridgehead atoms. The monoisotopic (exact) mass is 368 g/mol. The molecular formula is C19H29ClN2O3. The molecule has 1 saturated heterocycles. The van der Waals surface area contributed by atoms with Crippen LogP contribution in [0.3, 0.4) is 0 Å². The Bertz CT molecular complexity index is 572. The first-order chi connectivity index (χ1) is 11.9. The van der Waals surface area contributed by atoms with Gasteiger partial charge in [0.1, 0.15) is 18.5 Å². The molecule has 1 aliphatic heterocycles. The first-order valence-corrected chi connectivity index (χ1v) is 9.33. The second-order valence-corrected chi connectivity index (χ2v) is 7.43. The van der Waals surface area contributed by atoms with Crippen molar-refractivity contribution in [2.45, 2.75) is 45.8 Å². The maximum atomic E-state index is 12.2. The van der Waals surface area contributed by atoms with E-state index < -0.39 is 6.10 Å². The van der Waals surface area contributed by atoms with Crippen molar-refractivity contribution in [1.29, 1.82) is 0 Å². The van der Waals surface area contributed by atoms with Gasteiger partial charge < -0.3 is 20.1 Å². The fourth-order valence-electron chi connectivity index (χ4n) is 3.00. The van der Waals surface area contributed by atoms with Crippen molar-refractivity contribution in [3.63, 3.8) is 0 Å². The largest absolute Gasteiger partial charge is 0.491 e. The van der Waals surface area contributed by atoms with Gasteiger partial charge in [-0.15, -0.1) is 0 Å². The number of nitrogens with zero attached hydrogens (tertiary/aromatic N) is 1. The maximum absolute atomic E-state index is 12.2. The van der Waals surface area contributed by atoms with Gasteiger partial charge in [-0.25, -0.2) is 0 Å². The molecular weight excluding hydrogens is 340 g/mol. The summed E-state index contributed by atoms with van der Waals surface area (Å²) in [5.41, 5.74) is 0.926. The molecule has 1 aromatic carbocycles. The lowest BCUT2D eigenvalue weighted by molar-refractivity contribution is -0.127. The summed E-state index contributed by atoms with van der Waals surface area (Å²) in [6.07, 6.45) is 1.01. The lowest BCUT2D eigenvalue weighted by Crippen LogP contribution is -2.44. The molecule has 1 atom stereocenters. The molecule has 2 rings (SSSR count). The maximum Gasteiger partial charge on any atom is 0.223 e. The van der Waals surface area contributed by atoms with E-state index >= 15 is 0 Å². The number of piperidine rings is 1. The van der Waals surface area contributed by atoms with Crippen LogP contribution in [0.25, 0.3) is 0 Å². The van der Waals surface area contributed by atoms with Gasteiger partial charge in [-0.05, 0) is 70.5 Å². The Morgan fingerprint density at radius 2 is 2.08 bits per heavy atom. The number of aryl methyl sites for hydroxylation is 1. The molecule has 0 aromatic heterocycles. The molecule has 1 fully saturated rings. The van der Waals surface area contributed by atoms with Gasteiger partial charge in [0.15, 0.2) is 0 Å². The minimum absolute atomic E-state index is 0.0322. The second-order valence-electron chi connectivity index (χ2n) is 7.02. The van der Waals surface area contributed by atoms with E-state index in [2.05, 4.69) is 24.1 Å². The Morgan fingerprint density at radius 1 is 1.40 bits per heavy atom. The smallest absolute Gasteiger partial charge is 0.223 e. The number of benzene rings is 1. The van der Waals surface area contributed by atoms with Gasteiger partial charge in [0, 0.05) is 23.5 Å². The Hall–Kier alpha value is -1.30. The molecule has 0 radical (unpaired) electrons. The highest BCUT2D eigenvalue weighted by Gasteiger charge is 2.26. The van der Waals surface area contributed by atoms with E-state index in [0.29, 0.717) is 16.8 Å². The van der Waals surface area contributed by atoms with E-state index in [1.54, 1.807) is 12.1 Å². The number of rotatable bonds is 7. The van der Waals surface area contributed by atoms with Crippen LogP contribution in [0, 0.1) is 12.8 Å². The zero-order valence-electron chi connectivity index (χ0n) is 15.3. The number of nitrogens with one attached hydrogen (secondary N) is 1. The highest BCUT2D eigenvalue weighted by Crippen LogP contribution is 2.21. The van der Waals surface area contributed by atoms with Gasteiger partial charge in [0.05, 0.1) is 0 Å². The van der Waals surface area contributed by atoms with E-state index in [4.69, 9.17) is 16.3 Å². The number of hydrogen-bond donors (Lipinski definition) is 2. The van der Waals surface area contributed by atoms with Crippen LogP contribution in [0.2, 0.25) is 5.02 Å². The van der Waals surface area contributed by atoms with Crippen LogP contribution in [-0.2, 0) is 4.79 Å². The van der Waals surface area contributed by atoms with E-state index in [1.807, 2.05) is 13.0 Å². The van der Waals surface area contributed by atoms with Crippen LogP contribution in [0.5, 0.6) is 5.75 Å². The summed E-state index contributed by atoms with van der Waals surface area (Å²) >= 11 is 5.97. The molecule has 25 heavy (non-hydrogen) atoms. The molecule has 1 amide bonds.